The van der Waals surface area contributed by atoms with Gasteiger partial charge in [0, 0.05) is 18.4 Å². The maximum Gasteiger partial charge on any atom is 0.408 e. The molecular weight excluding hydrogens is 624 g/mol. The first-order chi connectivity index (χ1) is 17.7. The van der Waals surface area contributed by atoms with E-state index in [0.717, 1.165) is 44.9 Å². The molecule has 0 spiro atoms. The van der Waals surface area contributed by atoms with E-state index in [1.807, 2.05) is 0 Å². The number of nitrogens with zero attached hydrogens (tertiary/aromatic N) is 1. The number of piperidine rings is 1. The highest BCUT2D eigenvalue weighted by atomic mass is 79.9. The molecule has 38 heavy (non-hydrogen) atoms. The number of hydrogen-bond donors (Lipinski definition) is 3. The smallest absolute Gasteiger partial charge is 0.408 e. The molecule has 4 rings (SSSR count). The van der Waals surface area contributed by atoms with E-state index in [9.17, 15) is 24.0 Å². The molecule has 212 valence electrons. The van der Waals surface area contributed by atoms with Crippen LogP contribution >= 0.6 is 31.9 Å². The van der Waals surface area contributed by atoms with Crippen LogP contribution in [0.25, 0.3) is 0 Å². The summed E-state index contributed by atoms with van der Waals surface area (Å²) in [5, 5.41) is 5.56. The molecule has 5 atom stereocenters. The predicted molar refractivity (Wildman–Crippen MR) is 146 cm³/mol. The molecule has 4 amide bonds. The van der Waals surface area contributed by atoms with Crippen LogP contribution < -0.4 is 16.4 Å². The van der Waals surface area contributed by atoms with Gasteiger partial charge in [0.1, 0.15) is 17.7 Å². The lowest BCUT2D eigenvalue weighted by atomic mass is 9.83. The number of ketones is 1. The molecule has 0 aromatic carbocycles. The topological polar surface area (TPSA) is 148 Å². The van der Waals surface area contributed by atoms with E-state index in [4.69, 9.17) is 10.5 Å². The Kier molecular flexibility index (Phi) is 8.53. The van der Waals surface area contributed by atoms with Crippen LogP contribution in [0.3, 0.4) is 0 Å². The summed E-state index contributed by atoms with van der Waals surface area (Å²) >= 11 is 7.28. The van der Waals surface area contributed by atoms with Crippen LogP contribution in [0.4, 0.5) is 4.79 Å². The Bertz CT molecular complexity index is 989. The number of ether oxygens (including phenoxy) is 1. The van der Waals surface area contributed by atoms with Crippen LogP contribution in [0, 0.1) is 23.7 Å². The number of rotatable bonds is 9. The van der Waals surface area contributed by atoms with Crippen molar-refractivity contribution in [2.24, 2.45) is 29.4 Å². The summed E-state index contributed by atoms with van der Waals surface area (Å²) in [7, 11) is 0. The lowest BCUT2D eigenvalue weighted by Gasteiger charge is -2.37. The van der Waals surface area contributed by atoms with E-state index in [0.29, 0.717) is 13.0 Å². The first-order valence-corrected chi connectivity index (χ1v) is 15.1. The number of Topliss-reactive ketones (excluding diaryl/α,β-unsaturated/α-hetero) is 1. The minimum Gasteiger partial charge on any atom is -0.444 e. The number of likely N-dealkylation sites (tertiary alicyclic amines) is 1. The summed E-state index contributed by atoms with van der Waals surface area (Å²) in [5.74, 6) is -2.80. The number of alkyl halides is 2. The van der Waals surface area contributed by atoms with E-state index >= 15 is 0 Å². The van der Waals surface area contributed by atoms with Gasteiger partial charge >= 0.3 is 6.09 Å². The number of hydrogen-bond acceptors (Lipinski definition) is 6. The van der Waals surface area contributed by atoms with Gasteiger partial charge < -0.3 is 26.0 Å². The van der Waals surface area contributed by atoms with Gasteiger partial charge in [-0.2, -0.15) is 0 Å². The zero-order chi connectivity index (χ0) is 28.0. The SMILES string of the molecule is CC(C)(C)OC(=O)N[C@H](C(=O)N1C[C@H]2[C@@H]([C@H]1C(=O)NC(CC1CC1)C(=O)C(N)=O)C2(Br)Br)C1CCCCC1. The number of carbonyl (C=O) groups excluding carboxylic acids is 5. The van der Waals surface area contributed by atoms with Crippen molar-refractivity contribution in [1.82, 2.24) is 15.5 Å². The Labute approximate surface area is 240 Å². The summed E-state index contributed by atoms with van der Waals surface area (Å²) in [4.78, 5) is 66.1. The summed E-state index contributed by atoms with van der Waals surface area (Å²) in [6.07, 6.45) is 6.13. The molecule has 12 heteroatoms. The normalized spacial score (nSPS) is 28.0. The van der Waals surface area contributed by atoms with Crippen LogP contribution in [0.5, 0.6) is 0 Å². The minimum atomic E-state index is -1.09. The molecule has 4 N–H and O–H groups in total. The predicted octanol–water partition coefficient (Wildman–Crippen LogP) is 2.74. The van der Waals surface area contributed by atoms with Crippen LogP contribution in [0.2, 0.25) is 0 Å². The first kappa shape index (κ1) is 29.3. The first-order valence-electron chi connectivity index (χ1n) is 13.5. The highest BCUT2D eigenvalue weighted by Crippen LogP contribution is 2.67. The third kappa shape index (κ3) is 6.54. The monoisotopic (exact) mass is 660 g/mol. The second kappa shape index (κ2) is 11.1. The van der Waals surface area contributed by atoms with Crippen molar-refractivity contribution in [1.29, 1.82) is 0 Å². The summed E-state index contributed by atoms with van der Waals surface area (Å²) in [6.45, 7) is 5.59. The maximum atomic E-state index is 14.1. The Morgan fingerprint density at radius 2 is 1.66 bits per heavy atom. The zero-order valence-electron chi connectivity index (χ0n) is 22.1. The number of fused-ring (bicyclic) bond motifs is 1. The molecule has 3 saturated carbocycles. The number of nitrogens with two attached hydrogens (primary N) is 1. The van der Waals surface area contributed by atoms with Gasteiger partial charge in [-0.05, 0) is 51.9 Å². The number of primary amides is 1. The number of nitrogens with one attached hydrogen (secondary N) is 2. The Hall–Kier alpha value is -1.69. The second-order valence-electron chi connectivity index (χ2n) is 12.2. The molecule has 1 heterocycles. The standard InChI is InChI=1S/C26H38Br2N4O6/c1-25(2,3)38-24(37)31-18(14-7-5-4-6-8-14)23(36)32-12-15-17(26(15,27)28)19(32)22(35)30-16(11-13-9-10-13)20(33)21(29)34/h13-19H,4-12H2,1-3H3,(H2,29,34)(H,30,35)(H,31,37)/t15-,16?,17-,18-,19-/m0/s1. The molecule has 4 aliphatic rings. The van der Waals surface area contributed by atoms with Crippen molar-refractivity contribution in [3.63, 3.8) is 0 Å². The van der Waals surface area contributed by atoms with E-state index in [2.05, 4.69) is 42.5 Å². The molecule has 4 fully saturated rings. The van der Waals surface area contributed by atoms with E-state index in [1.54, 1.807) is 20.8 Å². The van der Waals surface area contributed by atoms with Gasteiger partial charge in [0.15, 0.2) is 0 Å². The van der Waals surface area contributed by atoms with E-state index < -0.39 is 50.7 Å². The fraction of sp³-hybridized carbons (Fsp3) is 0.808. The van der Waals surface area contributed by atoms with Gasteiger partial charge in [0.25, 0.3) is 5.91 Å². The quantitative estimate of drug-likeness (QED) is 0.256. The highest BCUT2D eigenvalue weighted by Gasteiger charge is 2.73. The maximum absolute atomic E-state index is 14.1. The number of carbonyl (C=O) groups is 5. The molecule has 1 aliphatic heterocycles. The van der Waals surface area contributed by atoms with Crippen molar-refractivity contribution in [2.45, 2.75) is 99.1 Å². The van der Waals surface area contributed by atoms with Crippen LogP contribution in [0.1, 0.15) is 72.1 Å². The fourth-order valence-electron chi connectivity index (χ4n) is 5.94. The summed E-state index contributed by atoms with van der Waals surface area (Å²) in [5.41, 5.74) is 4.53. The zero-order valence-corrected chi connectivity index (χ0v) is 25.3. The largest absolute Gasteiger partial charge is 0.444 e. The molecule has 1 unspecified atom stereocenters. The van der Waals surface area contributed by atoms with E-state index in [1.165, 1.54) is 4.90 Å². The molecule has 1 saturated heterocycles. The number of halogens is 2. The van der Waals surface area contributed by atoms with Gasteiger partial charge in [0.2, 0.25) is 17.6 Å². The summed E-state index contributed by atoms with van der Waals surface area (Å²) < 4.78 is 4.95. The molecule has 3 aliphatic carbocycles. The van der Waals surface area contributed by atoms with Crippen molar-refractivity contribution < 1.29 is 28.7 Å². The van der Waals surface area contributed by atoms with Crippen molar-refractivity contribution in [2.75, 3.05) is 6.54 Å². The summed E-state index contributed by atoms with van der Waals surface area (Å²) in [6, 6.07) is -2.72. The third-order valence-corrected chi connectivity index (χ3v) is 10.3. The Morgan fingerprint density at radius 3 is 2.21 bits per heavy atom. The molecule has 0 bridgehead atoms. The van der Waals surface area contributed by atoms with Gasteiger partial charge in [-0.3, -0.25) is 19.2 Å². The van der Waals surface area contributed by atoms with Gasteiger partial charge in [-0.1, -0.05) is 64.0 Å². The average molecular weight is 662 g/mol. The second-order valence-corrected chi connectivity index (χ2v) is 15.9. The van der Waals surface area contributed by atoms with E-state index in [-0.39, 0.29) is 29.6 Å². The minimum absolute atomic E-state index is 0.0237. The van der Waals surface area contributed by atoms with Crippen molar-refractivity contribution >= 4 is 61.5 Å². The van der Waals surface area contributed by atoms with Gasteiger partial charge in [-0.15, -0.1) is 0 Å². The van der Waals surface area contributed by atoms with Crippen molar-refractivity contribution in [3.8, 4) is 0 Å². The fourth-order valence-corrected chi connectivity index (χ4v) is 7.68. The van der Waals surface area contributed by atoms with Crippen LogP contribution in [-0.4, -0.2) is 68.0 Å². The Balaban J connectivity index is 1.55. The van der Waals surface area contributed by atoms with Crippen molar-refractivity contribution in [3.05, 3.63) is 0 Å². The van der Waals surface area contributed by atoms with Crippen LogP contribution in [-0.2, 0) is 23.9 Å². The van der Waals surface area contributed by atoms with Gasteiger partial charge in [-0.25, -0.2) is 4.79 Å². The lowest BCUT2D eigenvalue weighted by molar-refractivity contribution is -0.144. The highest BCUT2D eigenvalue weighted by molar-refractivity contribution is 9.25. The Morgan fingerprint density at radius 1 is 1.03 bits per heavy atom. The molecule has 0 aromatic heterocycles. The third-order valence-electron chi connectivity index (χ3n) is 8.09. The molecule has 0 aromatic rings. The number of amides is 4. The lowest BCUT2D eigenvalue weighted by Crippen LogP contribution is -2.60. The average Bonchev–Trinajstić information content (AvgIpc) is 3.68. The molecule has 0 radical (unpaired) electrons. The number of alkyl carbamates (subject to hydrolysis) is 1. The van der Waals surface area contributed by atoms with Crippen LogP contribution in [0.15, 0.2) is 0 Å². The molecule has 10 nitrogen and oxygen atoms in total. The van der Waals surface area contributed by atoms with Gasteiger partial charge in [0.05, 0.1) is 9.28 Å². The molecular formula is C26H38Br2N4O6.